The number of hydrogen-bond donors (Lipinski definition) is 0. The summed E-state index contributed by atoms with van der Waals surface area (Å²) in [4.78, 5) is -0.186. The van der Waals surface area contributed by atoms with Gasteiger partial charge in [0.15, 0.2) is 4.90 Å². The predicted molar refractivity (Wildman–Crippen MR) is 155 cm³/mol. The summed E-state index contributed by atoms with van der Waals surface area (Å²) in [6.07, 6.45) is 1.16. The van der Waals surface area contributed by atoms with E-state index in [1.165, 1.54) is 33.5 Å². The van der Waals surface area contributed by atoms with Gasteiger partial charge in [-0.2, -0.15) is 21.9 Å². The number of methoxy groups -OCH3 is 3. The van der Waals surface area contributed by atoms with E-state index in [0.717, 1.165) is 27.8 Å². The zero-order valence-electron chi connectivity index (χ0n) is 22.4. The molecule has 0 heterocycles. The molecule has 0 aliphatic heterocycles. The molecule has 4 rings (SSSR count). The SMILES string of the molecule is COc1cc(OC)c(S(=O)(=O)OC2C(C)=CC(C)=C(c3ccccc3)C2(C)c2ccccc2)c(OC)c1.S. The van der Waals surface area contributed by atoms with Gasteiger partial charge in [0.2, 0.25) is 0 Å². The summed E-state index contributed by atoms with van der Waals surface area (Å²) in [5, 5.41) is 0. The Morgan fingerprint density at radius 3 is 1.82 bits per heavy atom. The van der Waals surface area contributed by atoms with Crippen LogP contribution in [0.1, 0.15) is 31.9 Å². The lowest BCUT2D eigenvalue weighted by Gasteiger charge is -2.43. The standard InChI is InChI=1S/C30H32O6S.H2S/c1-20-17-21(2)29(36-37(31,32)28-25(34-5)18-24(33-4)19-26(28)35-6)30(3,23-15-11-8-12-16-23)27(20)22-13-9-7-10-14-22;/h7-19,29H,1-6H3;1H2. The van der Waals surface area contributed by atoms with Crippen molar-refractivity contribution < 1.29 is 26.8 Å². The Balaban J connectivity index is 0.00000400. The lowest BCUT2D eigenvalue weighted by molar-refractivity contribution is 0.183. The second kappa shape index (κ2) is 11.7. The molecule has 0 bridgehead atoms. The maximum atomic E-state index is 14.0. The average molecular weight is 555 g/mol. The second-order valence-electron chi connectivity index (χ2n) is 9.17. The Bertz CT molecular complexity index is 1420. The number of allylic oxidation sites excluding steroid dienone is 2. The molecule has 0 saturated heterocycles. The lowest BCUT2D eigenvalue weighted by atomic mass is 9.64. The summed E-state index contributed by atoms with van der Waals surface area (Å²) in [6.45, 7) is 5.98. The molecular weight excluding hydrogens is 520 g/mol. The molecule has 0 fully saturated rings. The molecule has 0 radical (unpaired) electrons. The quantitative estimate of drug-likeness (QED) is 0.305. The van der Waals surface area contributed by atoms with E-state index in [-0.39, 0.29) is 29.9 Å². The molecule has 3 aromatic carbocycles. The Hall–Kier alpha value is -3.20. The molecule has 3 aromatic rings. The highest BCUT2D eigenvalue weighted by atomic mass is 32.2. The molecule has 6 nitrogen and oxygen atoms in total. The highest BCUT2D eigenvalue weighted by Crippen LogP contribution is 2.50. The van der Waals surface area contributed by atoms with Gasteiger partial charge in [-0.15, -0.1) is 0 Å². The maximum absolute atomic E-state index is 14.0. The summed E-state index contributed by atoms with van der Waals surface area (Å²) < 4.78 is 50.3. The topological polar surface area (TPSA) is 71.1 Å². The molecular formula is C30H34O6S2. The molecule has 2 unspecified atom stereocenters. The van der Waals surface area contributed by atoms with Crippen LogP contribution >= 0.6 is 13.5 Å². The van der Waals surface area contributed by atoms with Gasteiger partial charge < -0.3 is 14.2 Å². The van der Waals surface area contributed by atoms with Gasteiger partial charge in [-0.1, -0.05) is 66.7 Å². The van der Waals surface area contributed by atoms with Gasteiger partial charge >= 0.3 is 10.1 Å². The summed E-state index contributed by atoms with van der Waals surface area (Å²) in [5.41, 5.74) is 3.95. The van der Waals surface area contributed by atoms with Crippen molar-refractivity contribution in [2.45, 2.75) is 37.2 Å². The van der Waals surface area contributed by atoms with Crippen molar-refractivity contribution in [3.63, 3.8) is 0 Å². The van der Waals surface area contributed by atoms with Gasteiger partial charge in [0.05, 0.1) is 21.3 Å². The number of ether oxygens (including phenoxy) is 3. The van der Waals surface area contributed by atoms with Crippen molar-refractivity contribution in [2.24, 2.45) is 0 Å². The van der Waals surface area contributed by atoms with Gasteiger partial charge in [-0.25, -0.2) is 0 Å². The van der Waals surface area contributed by atoms with Crippen molar-refractivity contribution in [2.75, 3.05) is 21.3 Å². The second-order valence-corrected chi connectivity index (χ2v) is 10.7. The Labute approximate surface area is 232 Å². The van der Waals surface area contributed by atoms with Crippen LogP contribution in [-0.2, 0) is 19.7 Å². The van der Waals surface area contributed by atoms with Crippen LogP contribution in [0, 0.1) is 0 Å². The van der Waals surface area contributed by atoms with Gasteiger partial charge in [-0.05, 0) is 48.6 Å². The van der Waals surface area contributed by atoms with Crippen molar-refractivity contribution in [3.8, 4) is 17.2 Å². The molecule has 1 aliphatic carbocycles. The third-order valence-electron chi connectivity index (χ3n) is 6.87. The van der Waals surface area contributed by atoms with Gasteiger partial charge in [0, 0.05) is 17.5 Å². The fraction of sp³-hybridized carbons (Fsp3) is 0.267. The van der Waals surface area contributed by atoms with Crippen LogP contribution in [0.25, 0.3) is 5.57 Å². The highest BCUT2D eigenvalue weighted by Gasteiger charge is 2.47. The van der Waals surface area contributed by atoms with E-state index >= 15 is 0 Å². The smallest absolute Gasteiger partial charge is 0.305 e. The largest absolute Gasteiger partial charge is 0.496 e. The predicted octanol–water partition coefficient (Wildman–Crippen LogP) is 6.29. The monoisotopic (exact) mass is 554 g/mol. The Morgan fingerprint density at radius 2 is 1.32 bits per heavy atom. The summed E-state index contributed by atoms with van der Waals surface area (Å²) in [5.74, 6) is 0.551. The minimum atomic E-state index is -4.37. The molecule has 202 valence electrons. The number of hydrogen-bond acceptors (Lipinski definition) is 6. The van der Waals surface area contributed by atoms with Crippen LogP contribution in [-0.4, -0.2) is 35.9 Å². The van der Waals surface area contributed by atoms with Gasteiger partial charge in [-0.3, -0.25) is 4.18 Å². The average Bonchev–Trinajstić information content (AvgIpc) is 2.91. The Morgan fingerprint density at radius 1 is 0.789 bits per heavy atom. The van der Waals surface area contributed by atoms with Gasteiger partial charge in [0.1, 0.15) is 23.4 Å². The third kappa shape index (κ3) is 5.21. The first-order valence-corrected chi connectivity index (χ1v) is 13.3. The molecule has 38 heavy (non-hydrogen) atoms. The normalized spacial score (nSPS) is 19.3. The molecule has 8 heteroatoms. The first-order valence-electron chi connectivity index (χ1n) is 11.9. The summed E-state index contributed by atoms with van der Waals surface area (Å²) >= 11 is 0. The van der Waals surface area contributed by atoms with E-state index < -0.39 is 21.6 Å². The van der Waals surface area contributed by atoms with Crippen molar-refractivity contribution in [1.29, 1.82) is 0 Å². The van der Waals surface area contributed by atoms with E-state index in [1.54, 1.807) is 0 Å². The molecule has 0 spiro atoms. The maximum Gasteiger partial charge on any atom is 0.305 e. The fourth-order valence-corrected chi connectivity index (χ4v) is 6.74. The van der Waals surface area contributed by atoms with E-state index in [2.05, 4.69) is 0 Å². The zero-order valence-corrected chi connectivity index (χ0v) is 24.3. The van der Waals surface area contributed by atoms with E-state index in [9.17, 15) is 8.42 Å². The minimum Gasteiger partial charge on any atom is -0.496 e. The first-order chi connectivity index (χ1) is 17.7. The molecule has 0 N–H and O–H groups in total. The minimum absolute atomic E-state index is 0. The van der Waals surface area contributed by atoms with Crippen molar-refractivity contribution in [1.82, 2.24) is 0 Å². The molecule has 0 saturated carbocycles. The van der Waals surface area contributed by atoms with Gasteiger partial charge in [0.25, 0.3) is 0 Å². The van der Waals surface area contributed by atoms with Crippen molar-refractivity contribution >= 4 is 29.2 Å². The van der Waals surface area contributed by atoms with Crippen LogP contribution in [0.3, 0.4) is 0 Å². The highest BCUT2D eigenvalue weighted by molar-refractivity contribution is 7.87. The van der Waals surface area contributed by atoms with E-state index in [1.807, 2.05) is 87.5 Å². The third-order valence-corrected chi connectivity index (χ3v) is 8.22. The molecule has 0 amide bonds. The zero-order chi connectivity index (χ0) is 26.8. The van der Waals surface area contributed by atoms with Crippen LogP contribution < -0.4 is 14.2 Å². The number of rotatable bonds is 8. The van der Waals surface area contributed by atoms with Crippen molar-refractivity contribution in [3.05, 3.63) is 101 Å². The molecule has 1 aliphatic rings. The van der Waals surface area contributed by atoms with Crippen LogP contribution in [0.5, 0.6) is 17.2 Å². The van der Waals surface area contributed by atoms with Crippen LogP contribution in [0.4, 0.5) is 0 Å². The van der Waals surface area contributed by atoms with E-state index in [4.69, 9.17) is 18.4 Å². The fourth-order valence-electron chi connectivity index (χ4n) is 5.26. The first kappa shape index (κ1) is 29.4. The number of benzene rings is 3. The van der Waals surface area contributed by atoms with E-state index in [0.29, 0.717) is 5.75 Å². The lowest BCUT2D eigenvalue weighted by Crippen LogP contribution is -2.44. The summed E-state index contributed by atoms with van der Waals surface area (Å²) in [7, 11) is -0.0971. The Kier molecular flexibility index (Phi) is 9.02. The molecule has 0 aromatic heterocycles. The van der Waals surface area contributed by atoms with Crippen LogP contribution in [0.15, 0.2) is 94.9 Å². The van der Waals surface area contributed by atoms with Crippen LogP contribution in [0.2, 0.25) is 0 Å². The molecule has 2 atom stereocenters. The summed E-state index contributed by atoms with van der Waals surface area (Å²) in [6, 6.07) is 22.8.